The molecule has 1 aliphatic heterocycles. The number of nitrogens with one attached hydrogen (secondary N) is 2. The minimum atomic E-state index is -0.285. The number of nitrogens with zero attached hydrogens (tertiary/aromatic N) is 3. The van der Waals surface area contributed by atoms with Crippen molar-refractivity contribution < 1.29 is 4.52 Å². The number of hydrogen-bond donors (Lipinski definition) is 2. The molecular formula is C23H37N5O. The van der Waals surface area contributed by atoms with Gasteiger partial charge in [-0.15, -0.1) is 5.10 Å². The molecule has 1 aliphatic carbocycles. The molecule has 0 bridgehead atoms. The fraction of sp³-hybridized carbons (Fsp3) is 0.739. The van der Waals surface area contributed by atoms with Crippen LogP contribution in [0.1, 0.15) is 95.4 Å². The summed E-state index contributed by atoms with van der Waals surface area (Å²) in [6.07, 6.45) is 18.8. The van der Waals surface area contributed by atoms with Crippen molar-refractivity contribution in [1.82, 2.24) is 25.8 Å². The summed E-state index contributed by atoms with van der Waals surface area (Å²) in [6.45, 7) is 4.49. The second-order valence-electron chi connectivity index (χ2n) is 9.16. The second kappa shape index (κ2) is 9.43. The smallest absolute Gasteiger partial charge is 0.149 e. The summed E-state index contributed by atoms with van der Waals surface area (Å²) in [5.74, 6) is 0. The number of rotatable bonds is 3. The highest BCUT2D eigenvalue weighted by Gasteiger charge is 2.56. The molecule has 1 saturated carbocycles. The van der Waals surface area contributed by atoms with Gasteiger partial charge < -0.3 is 9.51 Å². The lowest BCUT2D eigenvalue weighted by molar-refractivity contribution is -0.0466. The van der Waals surface area contributed by atoms with Crippen molar-refractivity contribution >= 4 is 0 Å². The number of hydrogen-bond acceptors (Lipinski definition) is 5. The predicted octanol–water partition coefficient (Wildman–Crippen LogP) is 5.07. The molecule has 2 atom stereocenters. The quantitative estimate of drug-likeness (QED) is 0.754. The number of H-pyrrole nitrogens is 1. The van der Waals surface area contributed by atoms with Crippen LogP contribution in [-0.4, -0.2) is 33.5 Å². The average molecular weight is 400 g/mol. The molecule has 4 rings (SSSR count). The van der Waals surface area contributed by atoms with Gasteiger partial charge in [0.15, 0.2) is 0 Å². The highest BCUT2D eigenvalue weighted by molar-refractivity contribution is 5.30. The van der Waals surface area contributed by atoms with E-state index in [1.165, 1.54) is 69.9 Å². The van der Waals surface area contributed by atoms with Crippen LogP contribution in [0, 0.1) is 0 Å². The van der Waals surface area contributed by atoms with Gasteiger partial charge >= 0.3 is 0 Å². The number of aromatic amines is 1. The Morgan fingerprint density at radius 3 is 2.48 bits per heavy atom. The van der Waals surface area contributed by atoms with Gasteiger partial charge in [0.05, 0.1) is 5.54 Å². The molecule has 2 aromatic heterocycles. The summed E-state index contributed by atoms with van der Waals surface area (Å²) in [6, 6.07) is 4.39. The lowest BCUT2D eigenvalue weighted by Crippen LogP contribution is -2.63. The standard InChI is InChI=1S/C23H37N5O/c1-22(20-13-12-16-24-20)14-8-4-2-5-9-15-23(22,21-19-29-27-26-21)28-18-11-7-3-6-10-17-25-28/h12-13,16,19,24-25H,2-11,14-15,17-18H2,1H3. The van der Waals surface area contributed by atoms with Crippen molar-refractivity contribution in [3.05, 3.63) is 36.0 Å². The Morgan fingerprint density at radius 2 is 1.72 bits per heavy atom. The molecule has 0 spiro atoms. The highest BCUT2D eigenvalue weighted by atomic mass is 16.5. The third-order valence-electron chi connectivity index (χ3n) is 7.43. The molecule has 0 amide bonds. The molecule has 6 heteroatoms. The fourth-order valence-corrected chi connectivity index (χ4v) is 5.77. The van der Waals surface area contributed by atoms with E-state index in [2.05, 4.69) is 51.0 Å². The largest absolute Gasteiger partial charge is 0.364 e. The molecule has 29 heavy (non-hydrogen) atoms. The van der Waals surface area contributed by atoms with Gasteiger partial charge in [0, 0.05) is 35.7 Å². The second-order valence-corrected chi connectivity index (χ2v) is 9.16. The fourth-order valence-electron chi connectivity index (χ4n) is 5.77. The van der Waals surface area contributed by atoms with Crippen molar-refractivity contribution in [3.8, 4) is 0 Å². The molecule has 0 radical (unpaired) electrons. The normalized spacial score (nSPS) is 31.1. The summed E-state index contributed by atoms with van der Waals surface area (Å²) in [4.78, 5) is 3.58. The topological polar surface area (TPSA) is 70.0 Å². The summed E-state index contributed by atoms with van der Waals surface area (Å²) in [7, 11) is 0. The van der Waals surface area contributed by atoms with Crippen LogP contribution in [-0.2, 0) is 11.0 Å². The number of hydrazine groups is 1. The first-order valence-corrected chi connectivity index (χ1v) is 11.7. The van der Waals surface area contributed by atoms with Crippen molar-refractivity contribution in [1.29, 1.82) is 0 Å². The molecule has 6 nitrogen and oxygen atoms in total. The van der Waals surface area contributed by atoms with E-state index in [0.717, 1.165) is 31.6 Å². The third-order valence-corrected chi connectivity index (χ3v) is 7.43. The van der Waals surface area contributed by atoms with E-state index in [1.54, 1.807) is 6.26 Å². The molecule has 160 valence electrons. The van der Waals surface area contributed by atoms with Gasteiger partial charge in [-0.25, -0.2) is 5.01 Å². The monoisotopic (exact) mass is 399 g/mol. The van der Waals surface area contributed by atoms with E-state index < -0.39 is 0 Å². The van der Waals surface area contributed by atoms with Crippen LogP contribution < -0.4 is 5.43 Å². The molecule has 2 N–H and O–H groups in total. The molecule has 2 aromatic rings. The third kappa shape index (κ3) is 4.02. The lowest BCUT2D eigenvalue weighted by atomic mass is 9.62. The molecule has 0 aromatic carbocycles. The van der Waals surface area contributed by atoms with Crippen molar-refractivity contribution in [2.24, 2.45) is 0 Å². The summed E-state index contributed by atoms with van der Waals surface area (Å²) in [5, 5.41) is 11.0. The van der Waals surface area contributed by atoms with Crippen LogP contribution in [0.15, 0.2) is 29.1 Å². The molecule has 2 fully saturated rings. The maximum absolute atomic E-state index is 5.35. The van der Waals surface area contributed by atoms with Gasteiger partial charge in [0.25, 0.3) is 0 Å². The average Bonchev–Trinajstić information content (AvgIpc) is 3.45. The molecule has 2 aliphatic rings. The van der Waals surface area contributed by atoms with E-state index in [9.17, 15) is 0 Å². The Morgan fingerprint density at radius 1 is 0.966 bits per heavy atom. The van der Waals surface area contributed by atoms with E-state index in [1.807, 2.05) is 0 Å². The van der Waals surface area contributed by atoms with Crippen LogP contribution in [0.25, 0.3) is 0 Å². The van der Waals surface area contributed by atoms with E-state index in [4.69, 9.17) is 4.52 Å². The van der Waals surface area contributed by atoms with Crippen LogP contribution in [0.3, 0.4) is 0 Å². The predicted molar refractivity (Wildman–Crippen MR) is 114 cm³/mol. The first-order valence-electron chi connectivity index (χ1n) is 11.7. The van der Waals surface area contributed by atoms with Gasteiger partial charge in [-0.05, 0) is 37.8 Å². The Kier molecular flexibility index (Phi) is 6.70. The summed E-state index contributed by atoms with van der Waals surface area (Å²) in [5.41, 5.74) is 5.73. The zero-order chi connectivity index (χ0) is 20.0. The van der Waals surface area contributed by atoms with Crippen molar-refractivity contribution in [3.63, 3.8) is 0 Å². The van der Waals surface area contributed by atoms with Gasteiger partial charge in [0.1, 0.15) is 12.0 Å². The zero-order valence-electron chi connectivity index (χ0n) is 18.0. The van der Waals surface area contributed by atoms with E-state index in [0.29, 0.717) is 0 Å². The van der Waals surface area contributed by atoms with Gasteiger partial charge in [-0.1, -0.05) is 58.3 Å². The molecule has 1 saturated heterocycles. The zero-order valence-corrected chi connectivity index (χ0v) is 18.0. The van der Waals surface area contributed by atoms with Crippen molar-refractivity contribution in [2.45, 2.75) is 94.9 Å². The SMILES string of the molecule is CC1(c2ccc[nH]2)CCCCCCCC1(c1conn1)N1CCCCCCCN1. The Hall–Kier alpha value is -1.66. The molecule has 3 heterocycles. The lowest BCUT2D eigenvalue weighted by Gasteiger charge is -2.53. The first-order chi connectivity index (χ1) is 14.3. The Balaban J connectivity index is 1.85. The number of aromatic nitrogens is 3. The van der Waals surface area contributed by atoms with Crippen LogP contribution in [0.5, 0.6) is 0 Å². The first kappa shape index (κ1) is 20.6. The maximum atomic E-state index is 5.35. The minimum absolute atomic E-state index is 0.111. The molecular weight excluding hydrogens is 362 g/mol. The van der Waals surface area contributed by atoms with E-state index >= 15 is 0 Å². The van der Waals surface area contributed by atoms with E-state index in [-0.39, 0.29) is 11.0 Å². The van der Waals surface area contributed by atoms with Crippen molar-refractivity contribution in [2.75, 3.05) is 13.1 Å². The Labute approximate surface area is 174 Å². The van der Waals surface area contributed by atoms with Gasteiger partial charge in [-0.3, -0.25) is 5.43 Å². The highest BCUT2D eigenvalue weighted by Crippen LogP contribution is 2.52. The van der Waals surface area contributed by atoms with Gasteiger partial charge in [0.2, 0.25) is 0 Å². The van der Waals surface area contributed by atoms with Crippen LogP contribution in [0.4, 0.5) is 0 Å². The van der Waals surface area contributed by atoms with Crippen LogP contribution in [0.2, 0.25) is 0 Å². The summed E-state index contributed by atoms with van der Waals surface area (Å²) >= 11 is 0. The Bertz CT molecular complexity index is 706. The maximum Gasteiger partial charge on any atom is 0.149 e. The minimum Gasteiger partial charge on any atom is -0.364 e. The van der Waals surface area contributed by atoms with Gasteiger partial charge in [-0.2, -0.15) is 0 Å². The van der Waals surface area contributed by atoms with Crippen LogP contribution >= 0.6 is 0 Å². The summed E-state index contributed by atoms with van der Waals surface area (Å²) < 4.78 is 5.35. The molecule has 2 unspecified atom stereocenters.